The van der Waals surface area contributed by atoms with Crippen molar-refractivity contribution < 1.29 is 22.0 Å². The van der Waals surface area contributed by atoms with Crippen molar-refractivity contribution in [2.45, 2.75) is 12.7 Å². The number of halogens is 6. The van der Waals surface area contributed by atoms with Gasteiger partial charge < -0.3 is 5.32 Å². The summed E-state index contributed by atoms with van der Waals surface area (Å²) in [7, 11) is 0. The van der Waals surface area contributed by atoms with E-state index in [1.807, 2.05) is 0 Å². The molecule has 0 fully saturated rings. The van der Waals surface area contributed by atoms with Crippen LogP contribution < -0.4 is 5.32 Å². The highest BCUT2D eigenvalue weighted by atomic mass is 79.9. The van der Waals surface area contributed by atoms with Crippen molar-refractivity contribution in [1.82, 2.24) is 0 Å². The fourth-order valence-electron chi connectivity index (χ4n) is 1.76. The fourth-order valence-corrected chi connectivity index (χ4v) is 2.12. The summed E-state index contributed by atoms with van der Waals surface area (Å²) in [6, 6.07) is 6.54. The first-order valence-corrected chi connectivity index (χ1v) is 6.61. The molecule has 0 aliphatic heterocycles. The molecule has 0 aliphatic carbocycles. The summed E-state index contributed by atoms with van der Waals surface area (Å²) in [6.07, 6.45) is -4.53. The van der Waals surface area contributed by atoms with Crippen LogP contribution in [0.5, 0.6) is 0 Å². The van der Waals surface area contributed by atoms with E-state index in [0.717, 1.165) is 12.1 Å². The van der Waals surface area contributed by atoms with Gasteiger partial charge >= 0.3 is 6.18 Å². The minimum Gasteiger partial charge on any atom is -0.380 e. The maximum atomic E-state index is 13.4. The molecule has 2 rings (SSSR count). The minimum atomic E-state index is -4.53. The minimum absolute atomic E-state index is 0.0763. The largest absolute Gasteiger partial charge is 0.418 e. The molecule has 0 spiro atoms. The van der Waals surface area contributed by atoms with Gasteiger partial charge in [0.1, 0.15) is 11.6 Å². The first-order chi connectivity index (χ1) is 9.77. The van der Waals surface area contributed by atoms with E-state index in [2.05, 4.69) is 21.2 Å². The second kappa shape index (κ2) is 6.01. The summed E-state index contributed by atoms with van der Waals surface area (Å²) >= 11 is 2.97. The van der Waals surface area contributed by atoms with Gasteiger partial charge in [-0.2, -0.15) is 13.2 Å². The average molecular weight is 366 g/mol. The van der Waals surface area contributed by atoms with Crippen LogP contribution in [0.15, 0.2) is 40.9 Å². The molecule has 0 amide bonds. The van der Waals surface area contributed by atoms with Gasteiger partial charge in [0.2, 0.25) is 0 Å². The van der Waals surface area contributed by atoms with E-state index in [9.17, 15) is 22.0 Å². The Morgan fingerprint density at radius 2 is 1.71 bits per heavy atom. The zero-order valence-electron chi connectivity index (χ0n) is 10.4. The molecular formula is C14H9BrF5N. The normalized spacial score (nSPS) is 11.5. The SMILES string of the molecule is Fc1ccc(CNc2ccc(Br)cc2C(F)(F)F)c(F)c1. The lowest BCUT2D eigenvalue weighted by molar-refractivity contribution is -0.137. The first kappa shape index (κ1) is 15.8. The van der Waals surface area contributed by atoms with Gasteiger partial charge in [-0.1, -0.05) is 22.0 Å². The molecule has 2 aromatic carbocycles. The maximum Gasteiger partial charge on any atom is 0.418 e. The van der Waals surface area contributed by atoms with Crippen LogP contribution >= 0.6 is 15.9 Å². The molecule has 0 aromatic heterocycles. The number of benzene rings is 2. The van der Waals surface area contributed by atoms with Crippen LogP contribution in [0.3, 0.4) is 0 Å². The fraction of sp³-hybridized carbons (Fsp3) is 0.143. The van der Waals surface area contributed by atoms with Crippen LogP contribution in [-0.2, 0) is 12.7 Å². The second-order valence-electron chi connectivity index (χ2n) is 4.28. The van der Waals surface area contributed by atoms with E-state index in [1.54, 1.807) is 0 Å². The summed E-state index contributed by atoms with van der Waals surface area (Å²) in [5.74, 6) is -1.55. The Morgan fingerprint density at radius 1 is 1.00 bits per heavy atom. The second-order valence-corrected chi connectivity index (χ2v) is 5.19. The number of hydrogen-bond donors (Lipinski definition) is 1. The topological polar surface area (TPSA) is 12.0 Å². The van der Waals surface area contributed by atoms with Crippen molar-refractivity contribution in [3.8, 4) is 0 Å². The van der Waals surface area contributed by atoms with Crippen molar-refractivity contribution in [2.24, 2.45) is 0 Å². The quantitative estimate of drug-likeness (QED) is 0.722. The molecule has 21 heavy (non-hydrogen) atoms. The number of alkyl halides is 3. The van der Waals surface area contributed by atoms with Crippen molar-refractivity contribution >= 4 is 21.6 Å². The van der Waals surface area contributed by atoms with E-state index in [4.69, 9.17) is 0 Å². The number of rotatable bonds is 3. The van der Waals surface area contributed by atoms with Crippen molar-refractivity contribution in [3.05, 3.63) is 63.6 Å². The molecule has 112 valence electrons. The smallest absolute Gasteiger partial charge is 0.380 e. The molecule has 0 atom stereocenters. The summed E-state index contributed by atoms with van der Waals surface area (Å²) in [4.78, 5) is 0. The molecule has 1 N–H and O–H groups in total. The van der Waals surface area contributed by atoms with E-state index >= 15 is 0 Å². The Hall–Kier alpha value is -1.63. The van der Waals surface area contributed by atoms with Gasteiger partial charge in [0.15, 0.2) is 0 Å². The molecule has 1 nitrogen and oxygen atoms in total. The molecule has 0 radical (unpaired) electrons. The predicted octanol–water partition coefficient (Wildman–Crippen LogP) is 5.36. The van der Waals surface area contributed by atoms with Gasteiger partial charge in [0.05, 0.1) is 5.56 Å². The highest BCUT2D eigenvalue weighted by molar-refractivity contribution is 9.10. The third-order valence-electron chi connectivity index (χ3n) is 2.77. The molecule has 0 saturated heterocycles. The van der Waals surface area contributed by atoms with Gasteiger partial charge in [-0.25, -0.2) is 8.78 Å². The molecule has 0 heterocycles. The number of anilines is 1. The highest BCUT2D eigenvalue weighted by Crippen LogP contribution is 2.36. The van der Waals surface area contributed by atoms with E-state index < -0.39 is 23.4 Å². The molecule has 0 unspecified atom stereocenters. The molecule has 0 aliphatic rings. The molecule has 0 bridgehead atoms. The van der Waals surface area contributed by atoms with Gasteiger partial charge in [-0.3, -0.25) is 0 Å². The van der Waals surface area contributed by atoms with Gasteiger partial charge in [0, 0.05) is 28.3 Å². The maximum absolute atomic E-state index is 13.4. The Morgan fingerprint density at radius 3 is 2.33 bits per heavy atom. The third-order valence-corrected chi connectivity index (χ3v) is 3.26. The summed E-state index contributed by atoms with van der Waals surface area (Å²) in [6.45, 7) is -0.184. The Balaban J connectivity index is 2.24. The standard InChI is InChI=1S/C14H9BrF5N/c15-9-2-4-13(11(5-9)14(18,19)20)21-7-8-1-3-10(16)6-12(8)17/h1-6,21H,7H2. The van der Waals surface area contributed by atoms with Crippen LogP contribution in [0.2, 0.25) is 0 Å². The van der Waals surface area contributed by atoms with Crippen LogP contribution in [0.1, 0.15) is 11.1 Å². The predicted molar refractivity (Wildman–Crippen MR) is 72.8 cm³/mol. The van der Waals surface area contributed by atoms with Crippen LogP contribution in [0.25, 0.3) is 0 Å². The Labute approximate surface area is 125 Å². The van der Waals surface area contributed by atoms with Crippen molar-refractivity contribution in [3.63, 3.8) is 0 Å². The van der Waals surface area contributed by atoms with Gasteiger partial charge in [-0.15, -0.1) is 0 Å². The summed E-state index contributed by atoms with van der Waals surface area (Å²) < 4.78 is 65.2. The van der Waals surface area contributed by atoms with E-state index in [-0.39, 0.29) is 22.3 Å². The monoisotopic (exact) mass is 365 g/mol. The first-order valence-electron chi connectivity index (χ1n) is 5.82. The zero-order chi connectivity index (χ0) is 15.6. The number of nitrogens with one attached hydrogen (secondary N) is 1. The molecular weight excluding hydrogens is 357 g/mol. The summed E-state index contributed by atoms with van der Waals surface area (Å²) in [5, 5.41) is 2.52. The highest BCUT2D eigenvalue weighted by Gasteiger charge is 2.33. The molecule has 0 saturated carbocycles. The van der Waals surface area contributed by atoms with Crippen LogP contribution in [0.4, 0.5) is 27.6 Å². The van der Waals surface area contributed by atoms with E-state index in [0.29, 0.717) is 6.07 Å². The average Bonchev–Trinajstić information content (AvgIpc) is 2.38. The van der Waals surface area contributed by atoms with Gasteiger partial charge in [-0.05, 0) is 24.3 Å². The lowest BCUT2D eigenvalue weighted by Gasteiger charge is -2.15. The van der Waals surface area contributed by atoms with Crippen molar-refractivity contribution in [2.75, 3.05) is 5.32 Å². The number of hydrogen-bond acceptors (Lipinski definition) is 1. The lowest BCUT2D eigenvalue weighted by Crippen LogP contribution is -2.11. The van der Waals surface area contributed by atoms with E-state index in [1.165, 1.54) is 18.2 Å². The van der Waals surface area contributed by atoms with Crippen LogP contribution in [-0.4, -0.2) is 0 Å². The van der Waals surface area contributed by atoms with Crippen LogP contribution in [0, 0.1) is 11.6 Å². The third kappa shape index (κ3) is 3.93. The Bertz CT molecular complexity index is 654. The lowest BCUT2D eigenvalue weighted by atomic mass is 10.1. The van der Waals surface area contributed by atoms with Gasteiger partial charge in [0.25, 0.3) is 0 Å². The Kier molecular flexibility index (Phi) is 4.51. The summed E-state index contributed by atoms with van der Waals surface area (Å²) in [5.41, 5.74) is -0.957. The zero-order valence-corrected chi connectivity index (χ0v) is 12.0. The van der Waals surface area contributed by atoms with Crippen molar-refractivity contribution in [1.29, 1.82) is 0 Å². The molecule has 2 aromatic rings. The molecule has 7 heteroatoms.